The van der Waals surface area contributed by atoms with Crippen molar-refractivity contribution in [1.29, 1.82) is 0 Å². The molecule has 1 aromatic carbocycles. The Morgan fingerprint density at radius 2 is 1.88 bits per heavy atom. The van der Waals surface area contributed by atoms with Crippen LogP contribution in [0.1, 0.15) is 42.4 Å². The average Bonchev–Trinajstić information content (AvgIpc) is 2.89. The number of hydrogen-bond donors (Lipinski definition) is 1. The van der Waals surface area contributed by atoms with Crippen LogP contribution in [0.15, 0.2) is 18.2 Å². The molecule has 134 valence electrons. The van der Waals surface area contributed by atoms with Crippen LogP contribution in [0.3, 0.4) is 0 Å². The van der Waals surface area contributed by atoms with E-state index in [2.05, 4.69) is 23.8 Å². The molecule has 0 spiro atoms. The molecule has 0 atom stereocenters. The number of benzene rings is 1. The first-order valence-corrected chi connectivity index (χ1v) is 8.61. The van der Waals surface area contributed by atoms with Crippen molar-refractivity contribution in [3.8, 4) is 0 Å². The third-order valence-electron chi connectivity index (χ3n) is 4.51. The number of hydrogen-bond acceptors (Lipinski definition) is 4. The molecule has 1 fully saturated rings. The Kier molecular flexibility index (Phi) is 4.92. The van der Waals surface area contributed by atoms with Gasteiger partial charge < -0.3 is 19.5 Å². The molecule has 7 nitrogen and oxygen atoms in total. The number of ether oxygens (including phenoxy) is 1. The number of carbonyl (C=O) groups excluding carboxylic acids is 2. The van der Waals surface area contributed by atoms with Crippen LogP contribution < -0.4 is 0 Å². The molecule has 25 heavy (non-hydrogen) atoms. The first-order valence-electron chi connectivity index (χ1n) is 8.61. The maximum absolute atomic E-state index is 12.8. The molecule has 0 radical (unpaired) electrons. The SMILES string of the molecule is COC(=O)N1CCCN(C(=O)c2ccc3nc(C(C)C)[nH]c3c2)CC1. The van der Waals surface area contributed by atoms with E-state index in [0.29, 0.717) is 37.7 Å². The van der Waals surface area contributed by atoms with E-state index in [1.54, 1.807) is 9.80 Å². The van der Waals surface area contributed by atoms with Gasteiger partial charge in [0.05, 0.1) is 18.1 Å². The first-order chi connectivity index (χ1) is 12.0. The van der Waals surface area contributed by atoms with Gasteiger partial charge in [0.15, 0.2) is 0 Å². The Bertz CT molecular complexity index is 784. The van der Waals surface area contributed by atoms with E-state index in [4.69, 9.17) is 4.74 Å². The van der Waals surface area contributed by atoms with Crippen molar-refractivity contribution in [3.63, 3.8) is 0 Å². The average molecular weight is 344 g/mol. The zero-order valence-electron chi connectivity index (χ0n) is 14.9. The summed E-state index contributed by atoms with van der Waals surface area (Å²) in [4.78, 5) is 35.8. The Labute approximate surface area is 147 Å². The monoisotopic (exact) mass is 344 g/mol. The molecule has 2 aromatic rings. The lowest BCUT2D eigenvalue weighted by Gasteiger charge is -2.21. The first kappa shape index (κ1) is 17.3. The van der Waals surface area contributed by atoms with E-state index in [9.17, 15) is 9.59 Å². The molecule has 1 aliphatic heterocycles. The summed E-state index contributed by atoms with van der Waals surface area (Å²) >= 11 is 0. The highest BCUT2D eigenvalue weighted by Gasteiger charge is 2.23. The van der Waals surface area contributed by atoms with E-state index in [1.165, 1.54) is 7.11 Å². The lowest BCUT2D eigenvalue weighted by atomic mass is 10.1. The summed E-state index contributed by atoms with van der Waals surface area (Å²) < 4.78 is 4.77. The Hall–Kier alpha value is -2.57. The zero-order chi connectivity index (χ0) is 18.0. The lowest BCUT2D eigenvalue weighted by molar-refractivity contribution is 0.0757. The van der Waals surface area contributed by atoms with E-state index in [-0.39, 0.29) is 12.0 Å². The number of imidazole rings is 1. The van der Waals surface area contributed by atoms with Crippen molar-refractivity contribution in [1.82, 2.24) is 19.8 Å². The molecule has 0 unspecified atom stereocenters. The third-order valence-corrected chi connectivity index (χ3v) is 4.51. The number of methoxy groups -OCH3 is 1. The Morgan fingerprint density at radius 3 is 2.60 bits per heavy atom. The number of fused-ring (bicyclic) bond motifs is 1. The number of aromatic nitrogens is 2. The molecule has 3 rings (SSSR count). The minimum absolute atomic E-state index is 0.0192. The van der Waals surface area contributed by atoms with Gasteiger partial charge in [0.25, 0.3) is 5.91 Å². The third kappa shape index (κ3) is 3.60. The van der Waals surface area contributed by atoms with Crippen LogP contribution in [-0.2, 0) is 4.74 Å². The second-order valence-electron chi connectivity index (χ2n) is 6.61. The fourth-order valence-electron chi connectivity index (χ4n) is 3.05. The van der Waals surface area contributed by atoms with Crippen LogP contribution in [0.5, 0.6) is 0 Å². The summed E-state index contributed by atoms with van der Waals surface area (Å²) in [5, 5.41) is 0. The van der Waals surface area contributed by atoms with Gasteiger partial charge in [-0.2, -0.15) is 0 Å². The number of rotatable bonds is 2. The topological polar surface area (TPSA) is 78.5 Å². The van der Waals surface area contributed by atoms with Crippen molar-refractivity contribution in [2.24, 2.45) is 0 Å². The number of nitrogens with zero attached hydrogens (tertiary/aromatic N) is 3. The number of nitrogens with one attached hydrogen (secondary N) is 1. The smallest absolute Gasteiger partial charge is 0.409 e. The van der Waals surface area contributed by atoms with Crippen LogP contribution in [0.2, 0.25) is 0 Å². The maximum atomic E-state index is 12.8. The van der Waals surface area contributed by atoms with Gasteiger partial charge in [-0.1, -0.05) is 13.8 Å². The van der Waals surface area contributed by atoms with Crippen molar-refractivity contribution < 1.29 is 14.3 Å². The van der Waals surface area contributed by atoms with E-state index >= 15 is 0 Å². The largest absolute Gasteiger partial charge is 0.453 e. The van der Waals surface area contributed by atoms with Crippen LogP contribution in [0.25, 0.3) is 11.0 Å². The number of carbonyl (C=O) groups is 2. The number of amides is 2. The summed E-state index contributed by atoms with van der Waals surface area (Å²) in [6.45, 7) is 6.38. The van der Waals surface area contributed by atoms with E-state index < -0.39 is 0 Å². The predicted molar refractivity (Wildman–Crippen MR) is 94.7 cm³/mol. The van der Waals surface area contributed by atoms with Crippen LogP contribution in [0.4, 0.5) is 4.79 Å². The normalized spacial score (nSPS) is 15.5. The van der Waals surface area contributed by atoms with Crippen molar-refractivity contribution in [2.45, 2.75) is 26.2 Å². The fraction of sp³-hybridized carbons (Fsp3) is 0.500. The lowest BCUT2D eigenvalue weighted by Crippen LogP contribution is -2.37. The summed E-state index contributed by atoms with van der Waals surface area (Å²) in [6.07, 6.45) is 0.402. The molecule has 1 N–H and O–H groups in total. The van der Waals surface area contributed by atoms with Crippen LogP contribution >= 0.6 is 0 Å². The van der Waals surface area contributed by atoms with Gasteiger partial charge in [0.2, 0.25) is 0 Å². The molecule has 2 amide bonds. The van der Waals surface area contributed by atoms with Gasteiger partial charge >= 0.3 is 6.09 Å². The van der Waals surface area contributed by atoms with Gasteiger partial charge in [0.1, 0.15) is 5.82 Å². The molecular formula is C18H24N4O3. The highest BCUT2D eigenvalue weighted by Crippen LogP contribution is 2.19. The second-order valence-corrected chi connectivity index (χ2v) is 6.61. The molecule has 0 saturated carbocycles. The summed E-state index contributed by atoms with van der Waals surface area (Å²) in [6, 6.07) is 5.56. The maximum Gasteiger partial charge on any atom is 0.409 e. The molecule has 7 heteroatoms. The predicted octanol–water partition coefficient (Wildman–Crippen LogP) is 2.60. The molecular weight excluding hydrogens is 320 g/mol. The number of H-pyrrole nitrogens is 1. The summed E-state index contributed by atoms with van der Waals surface area (Å²) in [5.41, 5.74) is 2.38. The highest BCUT2D eigenvalue weighted by molar-refractivity contribution is 5.97. The van der Waals surface area contributed by atoms with Gasteiger partial charge in [-0.25, -0.2) is 9.78 Å². The minimum Gasteiger partial charge on any atom is -0.453 e. The Balaban J connectivity index is 1.76. The zero-order valence-corrected chi connectivity index (χ0v) is 14.9. The highest BCUT2D eigenvalue weighted by atomic mass is 16.5. The minimum atomic E-state index is -0.339. The molecule has 0 aliphatic carbocycles. The van der Waals surface area contributed by atoms with Crippen LogP contribution in [0, 0.1) is 0 Å². The molecule has 0 bridgehead atoms. The molecule has 1 aromatic heterocycles. The Morgan fingerprint density at radius 1 is 1.16 bits per heavy atom. The van der Waals surface area contributed by atoms with E-state index in [1.807, 2.05) is 18.2 Å². The standard InChI is InChI=1S/C18H24N4O3/c1-12(2)16-19-14-6-5-13(11-15(14)20-16)17(23)21-7-4-8-22(10-9-21)18(24)25-3/h5-6,11-12H,4,7-10H2,1-3H3,(H,19,20). The fourth-order valence-corrected chi connectivity index (χ4v) is 3.05. The van der Waals surface area contributed by atoms with Crippen molar-refractivity contribution >= 4 is 23.0 Å². The molecule has 1 aliphatic rings. The van der Waals surface area contributed by atoms with Gasteiger partial charge in [-0.15, -0.1) is 0 Å². The summed E-state index contributed by atoms with van der Waals surface area (Å²) in [7, 11) is 1.38. The quantitative estimate of drug-likeness (QED) is 0.908. The second kappa shape index (κ2) is 7.13. The van der Waals surface area contributed by atoms with Crippen LogP contribution in [-0.4, -0.2) is 65.1 Å². The molecule has 1 saturated heterocycles. The van der Waals surface area contributed by atoms with Crippen molar-refractivity contribution in [2.75, 3.05) is 33.3 Å². The van der Waals surface area contributed by atoms with Gasteiger partial charge in [-0.3, -0.25) is 4.79 Å². The summed E-state index contributed by atoms with van der Waals surface area (Å²) in [5.74, 6) is 1.21. The van der Waals surface area contributed by atoms with Gasteiger partial charge in [-0.05, 0) is 24.6 Å². The number of aromatic amines is 1. The van der Waals surface area contributed by atoms with E-state index in [0.717, 1.165) is 23.3 Å². The van der Waals surface area contributed by atoms with Crippen molar-refractivity contribution in [3.05, 3.63) is 29.6 Å². The van der Waals surface area contributed by atoms with Gasteiger partial charge in [0, 0.05) is 37.7 Å². The molecule has 2 heterocycles.